The van der Waals surface area contributed by atoms with Crippen LogP contribution in [0.25, 0.3) is 11.1 Å². The summed E-state index contributed by atoms with van der Waals surface area (Å²) in [5.41, 5.74) is 7.73. The normalized spacial score (nSPS) is 18.7. The molecule has 1 aromatic carbocycles. The summed E-state index contributed by atoms with van der Waals surface area (Å²) in [6.45, 7) is 3.31. The highest BCUT2D eigenvalue weighted by molar-refractivity contribution is 6.08. The Bertz CT molecular complexity index is 994. The first-order chi connectivity index (χ1) is 13.3. The van der Waals surface area contributed by atoms with Crippen molar-refractivity contribution in [1.82, 2.24) is 9.78 Å². The molecule has 2 heterocycles. The molecule has 4 rings (SSSR count). The van der Waals surface area contributed by atoms with Gasteiger partial charge in [0.1, 0.15) is 0 Å². The van der Waals surface area contributed by atoms with Gasteiger partial charge in [-0.15, -0.1) is 0 Å². The third kappa shape index (κ3) is 2.88. The molecule has 1 unspecified atom stereocenters. The summed E-state index contributed by atoms with van der Waals surface area (Å²) < 4.78 is 1.85. The van der Waals surface area contributed by atoms with E-state index in [4.69, 9.17) is 5.73 Å². The first-order valence-corrected chi connectivity index (χ1v) is 9.10. The van der Waals surface area contributed by atoms with Gasteiger partial charge in [-0.2, -0.15) is 5.10 Å². The number of aromatic nitrogens is 2. The number of anilines is 2. The Morgan fingerprint density at radius 1 is 1.21 bits per heavy atom. The molecule has 3 amide bonds. The molecule has 0 spiro atoms. The number of hydrogen-bond donors (Lipinski definition) is 2. The van der Waals surface area contributed by atoms with Crippen molar-refractivity contribution in [2.24, 2.45) is 5.73 Å². The van der Waals surface area contributed by atoms with E-state index in [1.807, 2.05) is 10.9 Å². The van der Waals surface area contributed by atoms with E-state index in [1.165, 1.54) is 22.8 Å². The highest BCUT2D eigenvalue weighted by Crippen LogP contribution is 2.42. The number of nitrogens with two attached hydrogens (primary N) is 1. The van der Waals surface area contributed by atoms with Crippen LogP contribution < -0.4 is 15.5 Å². The Morgan fingerprint density at radius 2 is 1.93 bits per heavy atom. The molecule has 2 aliphatic rings. The summed E-state index contributed by atoms with van der Waals surface area (Å²) in [6.07, 6.45) is 4.48. The van der Waals surface area contributed by atoms with Crippen LogP contribution in [0.1, 0.15) is 43.1 Å². The van der Waals surface area contributed by atoms with Crippen molar-refractivity contribution >= 4 is 29.3 Å². The van der Waals surface area contributed by atoms with Crippen molar-refractivity contribution in [2.75, 3.05) is 16.3 Å². The fourth-order valence-electron chi connectivity index (χ4n) is 3.79. The SMILES string of the molecule is CC(=O)N1c2cc(C(N)=O)c(-c3cnn(C4CC4)c3)cc2N(C(=O)O)CC1C. The van der Waals surface area contributed by atoms with E-state index in [-0.39, 0.29) is 24.1 Å². The van der Waals surface area contributed by atoms with Crippen molar-refractivity contribution in [3.05, 3.63) is 30.1 Å². The number of benzene rings is 1. The summed E-state index contributed by atoms with van der Waals surface area (Å²) in [5, 5.41) is 14.0. The van der Waals surface area contributed by atoms with Crippen molar-refractivity contribution in [1.29, 1.82) is 0 Å². The predicted molar refractivity (Wildman–Crippen MR) is 102 cm³/mol. The van der Waals surface area contributed by atoms with Gasteiger partial charge in [-0.25, -0.2) is 4.79 Å². The highest BCUT2D eigenvalue weighted by Gasteiger charge is 2.35. The molecule has 0 radical (unpaired) electrons. The van der Waals surface area contributed by atoms with Gasteiger partial charge in [0.15, 0.2) is 0 Å². The summed E-state index contributed by atoms with van der Waals surface area (Å²) in [6, 6.07) is 3.12. The smallest absolute Gasteiger partial charge is 0.411 e. The molecule has 9 nitrogen and oxygen atoms in total. The number of carbonyl (C=O) groups is 3. The average Bonchev–Trinajstić information content (AvgIpc) is 3.36. The van der Waals surface area contributed by atoms with E-state index in [0.29, 0.717) is 28.5 Å². The third-order valence-electron chi connectivity index (χ3n) is 5.22. The number of carbonyl (C=O) groups excluding carboxylic acids is 2. The van der Waals surface area contributed by atoms with Crippen LogP contribution >= 0.6 is 0 Å². The Morgan fingerprint density at radius 3 is 2.50 bits per heavy atom. The predicted octanol–water partition coefficient (Wildman–Crippen LogP) is 2.22. The molecule has 1 fully saturated rings. The first kappa shape index (κ1) is 18.0. The maximum Gasteiger partial charge on any atom is 0.411 e. The van der Waals surface area contributed by atoms with Crippen LogP contribution in [0.5, 0.6) is 0 Å². The van der Waals surface area contributed by atoms with Gasteiger partial charge in [0, 0.05) is 30.8 Å². The van der Waals surface area contributed by atoms with E-state index in [9.17, 15) is 19.5 Å². The van der Waals surface area contributed by atoms with Gasteiger partial charge in [-0.3, -0.25) is 19.2 Å². The first-order valence-electron chi connectivity index (χ1n) is 9.10. The topological polar surface area (TPSA) is 122 Å². The van der Waals surface area contributed by atoms with Crippen LogP contribution in [0, 0.1) is 0 Å². The molecule has 0 saturated heterocycles. The van der Waals surface area contributed by atoms with Crippen molar-refractivity contribution in [3.8, 4) is 11.1 Å². The molecular weight excluding hydrogens is 362 g/mol. The van der Waals surface area contributed by atoms with Gasteiger partial charge in [-0.05, 0) is 37.5 Å². The maximum atomic E-state index is 12.2. The number of hydrogen-bond acceptors (Lipinski definition) is 4. The Balaban J connectivity index is 1.92. The fourth-order valence-corrected chi connectivity index (χ4v) is 3.79. The second kappa shape index (κ2) is 6.36. The molecule has 0 bridgehead atoms. The summed E-state index contributed by atoms with van der Waals surface area (Å²) in [5.74, 6) is -0.885. The average molecular weight is 383 g/mol. The second-order valence-electron chi connectivity index (χ2n) is 7.32. The van der Waals surface area contributed by atoms with Crippen LogP contribution in [0.15, 0.2) is 24.5 Å². The Labute approximate surface area is 161 Å². The molecule has 1 aromatic heterocycles. The van der Waals surface area contributed by atoms with E-state index in [1.54, 1.807) is 19.2 Å². The molecule has 1 saturated carbocycles. The molecule has 3 N–H and O–H groups in total. The van der Waals surface area contributed by atoms with E-state index in [0.717, 1.165) is 12.8 Å². The van der Waals surface area contributed by atoms with Crippen LogP contribution in [0.2, 0.25) is 0 Å². The molecule has 28 heavy (non-hydrogen) atoms. The van der Waals surface area contributed by atoms with E-state index >= 15 is 0 Å². The number of rotatable bonds is 3. The van der Waals surface area contributed by atoms with Crippen LogP contribution in [-0.4, -0.2) is 45.4 Å². The standard InChI is InChI=1S/C19H21N5O4/c1-10-8-22(19(27)28)16-5-14(12-7-21-23(9-12)13-3-4-13)15(18(20)26)6-17(16)24(10)11(2)25/h5-7,9-10,13H,3-4,8H2,1-2H3,(H2,20,26)(H,27,28). The minimum absolute atomic E-state index is 0.138. The van der Waals surface area contributed by atoms with E-state index in [2.05, 4.69) is 5.10 Å². The van der Waals surface area contributed by atoms with Gasteiger partial charge in [0.05, 0.1) is 29.7 Å². The monoisotopic (exact) mass is 383 g/mol. The quantitative estimate of drug-likeness (QED) is 0.842. The van der Waals surface area contributed by atoms with Gasteiger partial charge in [-0.1, -0.05) is 0 Å². The lowest BCUT2D eigenvalue weighted by Crippen LogP contribution is -2.51. The van der Waals surface area contributed by atoms with Gasteiger partial charge in [0.2, 0.25) is 11.8 Å². The zero-order valence-corrected chi connectivity index (χ0v) is 15.6. The fraction of sp³-hybridized carbons (Fsp3) is 0.368. The number of nitrogens with zero attached hydrogens (tertiary/aromatic N) is 4. The Kier molecular flexibility index (Phi) is 4.10. The molecule has 1 aliphatic carbocycles. The molecule has 146 valence electrons. The van der Waals surface area contributed by atoms with Crippen LogP contribution in [-0.2, 0) is 4.79 Å². The molecule has 1 aliphatic heterocycles. The lowest BCUT2D eigenvalue weighted by atomic mass is 9.96. The lowest BCUT2D eigenvalue weighted by molar-refractivity contribution is -0.117. The van der Waals surface area contributed by atoms with Crippen molar-refractivity contribution < 1.29 is 19.5 Å². The minimum Gasteiger partial charge on any atom is -0.465 e. The summed E-state index contributed by atoms with van der Waals surface area (Å²) in [4.78, 5) is 38.9. The highest BCUT2D eigenvalue weighted by atomic mass is 16.4. The number of primary amides is 1. The van der Waals surface area contributed by atoms with E-state index < -0.39 is 12.0 Å². The lowest BCUT2D eigenvalue weighted by Gasteiger charge is -2.40. The molecular formula is C19H21N5O4. The Hall–Kier alpha value is -3.36. The zero-order chi connectivity index (χ0) is 20.2. The number of fused-ring (bicyclic) bond motifs is 1. The largest absolute Gasteiger partial charge is 0.465 e. The van der Waals surface area contributed by atoms with Gasteiger partial charge >= 0.3 is 6.09 Å². The number of amides is 3. The van der Waals surface area contributed by atoms with Crippen LogP contribution in [0.3, 0.4) is 0 Å². The second-order valence-corrected chi connectivity index (χ2v) is 7.32. The van der Waals surface area contributed by atoms with Gasteiger partial charge < -0.3 is 15.7 Å². The van der Waals surface area contributed by atoms with Gasteiger partial charge in [0.25, 0.3) is 0 Å². The minimum atomic E-state index is -1.12. The molecule has 9 heteroatoms. The molecule has 1 atom stereocenters. The summed E-state index contributed by atoms with van der Waals surface area (Å²) >= 11 is 0. The third-order valence-corrected chi connectivity index (χ3v) is 5.22. The zero-order valence-electron chi connectivity index (χ0n) is 15.6. The van der Waals surface area contributed by atoms with Crippen molar-refractivity contribution in [2.45, 2.75) is 38.8 Å². The maximum absolute atomic E-state index is 12.2. The van der Waals surface area contributed by atoms with Crippen molar-refractivity contribution in [3.63, 3.8) is 0 Å². The number of carboxylic acid groups (broad SMARTS) is 1. The van der Waals surface area contributed by atoms with Crippen LogP contribution in [0.4, 0.5) is 16.2 Å². The summed E-state index contributed by atoms with van der Waals surface area (Å²) in [7, 11) is 0. The molecule has 2 aromatic rings.